The highest BCUT2D eigenvalue weighted by molar-refractivity contribution is 7.89. The normalized spacial score (nSPS) is 23.0. The number of nitrogens with zero attached hydrogens (tertiary/aromatic N) is 2. The molecule has 0 aromatic carbocycles. The van der Waals surface area contributed by atoms with Crippen molar-refractivity contribution in [1.29, 1.82) is 0 Å². The summed E-state index contributed by atoms with van der Waals surface area (Å²) in [5, 5.41) is 12.9. The van der Waals surface area contributed by atoms with Gasteiger partial charge >= 0.3 is 12.0 Å². The minimum Gasteiger partial charge on any atom is -0.477 e. The minimum atomic E-state index is -3.72. The lowest BCUT2D eigenvalue weighted by atomic mass is 10.2. The van der Waals surface area contributed by atoms with Crippen molar-refractivity contribution < 1.29 is 23.1 Å². The van der Waals surface area contributed by atoms with E-state index >= 15 is 0 Å². The van der Waals surface area contributed by atoms with E-state index in [1.165, 1.54) is 15.8 Å². The fraction of sp³-hybridized carbons (Fsp3) is 0.455. The quantitative estimate of drug-likeness (QED) is 0.801. The predicted molar refractivity (Wildman–Crippen MR) is 73.9 cm³/mol. The molecule has 3 heterocycles. The first-order chi connectivity index (χ1) is 9.89. The van der Waals surface area contributed by atoms with Crippen LogP contribution in [0.3, 0.4) is 0 Å². The molecule has 10 heteroatoms. The summed E-state index contributed by atoms with van der Waals surface area (Å²) in [5.74, 6) is -1.14. The van der Waals surface area contributed by atoms with E-state index in [1.54, 1.807) is 4.90 Å². The van der Waals surface area contributed by atoms with Gasteiger partial charge in [0.25, 0.3) is 0 Å². The number of urea groups is 1. The zero-order chi connectivity index (χ0) is 15.2. The Morgan fingerprint density at radius 2 is 2.19 bits per heavy atom. The molecule has 0 aliphatic carbocycles. The molecule has 1 aromatic heterocycles. The third-order valence-corrected chi connectivity index (χ3v) is 6.53. The maximum absolute atomic E-state index is 12.5. The van der Waals surface area contributed by atoms with Crippen molar-refractivity contribution in [3.63, 3.8) is 0 Å². The van der Waals surface area contributed by atoms with Crippen LogP contribution in [0.4, 0.5) is 4.79 Å². The molecule has 0 bridgehead atoms. The van der Waals surface area contributed by atoms with Gasteiger partial charge in [-0.25, -0.2) is 18.0 Å². The highest BCUT2D eigenvalue weighted by Crippen LogP contribution is 2.25. The molecule has 21 heavy (non-hydrogen) atoms. The molecule has 2 saturated heterocycles. The number of nitrogens with one attached hydrogen (secondary N) is 1. The van der Waals surface area contributed by atoms with Gasteiger partial charge < -0.3 is 15.3 Å². The number of aromatic carboxylic acids is 1. The lowest BCUT2D eigenvalue weighted by Gasteiger charge is -2.35. The number of carboxylic acid groups (broad SMARTS) is 1. The van der Waals surface area contributed by atoms with Crippen molar-refractivity contribution in [2.24, 2.45) is 0 Å². The first kappa shape index (κ1) is 14.3. The summed E-state index contributed by atoms with van der Waals surface area (Å²) in [5.41, 5.74) is 0. The number of piperazine rings is 1. The lowest BCUT2D eigenvalue weighted by Crippen LogP contribution is -2.53. The minimum absolute atomic E-state index is 0.00404. The Morgan fingerprint density at radius 3 is 2.86 bits per heavy atom. The van der Waals surface area contributed by atoms with Crippen molar-refractivity contribution in [2.75, 3.05) is 26.2 Å². The monoisotopic (exact) mass is 331 g/mol. The summed E-state index contributed by atoms with van der Waals surface area (Å²) in [4.78, 5) is 24.0. The van der Waals surface area contributed by atoms with Crippen LogP contribution in [-0.2, 0) is 10.0 Å². The molecule has 1 unspecified atom stereocenters. The Morgan fingerprint density at radius 1 is 1.43 bits per heavy atom. The maximum Gasteiger partial charge on any atom is 0.345 e. The molecule has 0 saturated carbocycles. The molecular weight excluding hydrogens is 318 g/mol. The highest BCUT2D eigenvalue weighted by Gasteiger charge is 2.39. The van der Waals surface area contributed by atoms with Crippen LogP contribution in [0.25, 0.3) is 0 Å². The zero-order valence-corrected chi connectivity index (χ0v) is 12.5. The predicted octanol–water partition coefficient (Wildman–Crippen LogP) is -0.156. The molecule has 0 radical (unpaired) electrons. The second kappa shape index (κ2) is 4.97. The number of thiophene rings is 1. The second-order valence-corrected chi connectivity index (χ2v) is 7.70. The molecule has 2 fully saturated rings. The first-order valence-electron chi connectivity index (χ1n) is 6.26. The zero-order valence-electron chi connectivity index (χ0n) is 10.9. The number of fused-ring (bicyclic) bond motifs is 1. The van der Waals surface area contributed by atoms with Crippen LogP contribution in [0.5, 0.6) is 0 Å². The molecule has 2 amide bonds. The largest absolute Gasteiger partial charge is 0.477 e. The molecule has 0 spiro atoms. The maximum atomic E-state index is 12.5. The van der Waals surface area contributed by atoms with Crippen molar-refractivity contribution in [1.82, 2.24) is 14.5 Å². The third-order valence-electron chi connectivity index (χ3n) is 3.62. The van der Waals surface area contributed by atoms with Crippen LogP contribution >= 0.6 is 11.3 Å². The number of hydrogen-bond acceptors (Lipinski definition) is 5. The fourth-order valence-electron chi connectivity index (χ4n) is 2.51. The molecule has 1 aromatic rings. The number of amides is 2. The number of hydrogen-bond donors (Lipinski definition) is 2. The van der Waals surface area contributed by atoms with Crippen molar-refractivity contribution in [3.05, 3.63) is 16.3 Å². The number of rotatable bonds is 3. The van der Waals surface area contributed by atoms with Crippen LogP contribution in [0.15, 0.2) is 16.3 Å². The van der Waals surface area contributed by atoms with Gasteiger partial charge in [0, 0.05) is 31.6 Å². The van der Waals surface area contributed by atoms with E-state index in [4.69, 9.17) is 5.11 Å². The van der Waals surface area contributed by atoms with Gasteiger partial charge in [-0.3, -0.25) is 0 Å². The van der Waals surface area contributed by atoms with Gasteiger partial charge in [-0.05, 0) is 6.07 Å². The van der Waals surface area contributed by atoms with Gasteiger partial charge in [-0.1, -0.05) is 0 Å². The molecule has 2 aliphatic heterocycles. The van der Waals surface area contributed by atoms with E-state index in [0.29, 0.717) is 13.1 Å². The Bertz CT molecular complexity index is 698. The summed E-state index contributed by atoms with van der Waals surface area (Å²) < 4.78 is 26.3. The fourth-order valence-corrected chi connectivity index (χ4v) is 5.08. The van der Waals surface area contributed by atoms with Crippen molar-refractivity contribution >= 4 is 33.4 Å². The van der Waals surface area contributed by atoms with Gasteiger partial charge in [0.1, 0.15) is 4.88 Å². The van der Waals surface area contributed by atoms with E-state index in [-0.39, 0.29) is 34.9 Å². The summed E-state index contributed by atoms with van der Waals surface area (Å²) in [6, 6.07) is 0.839. The summed E-state index contributed by atoms with van der Waals surface area (Å²) in [6.07, 6.45) is 0. The SMILES string of the molecule is O=C(O)c1cc(S(=O)(=O)N2CCN3C(=O)NCC3C2)cs1. The molecular formula is C11H13N3O5S2. The molecule has 8 nitrogen and oxygen atoms in total. The Hall–Kier alpha value is -1.65. The third kappa shape index (κ3) is 2.39. The Balaban J connectivity index is 1.82. The molecule has 1 atom stereocenters. The van der Waals surface area contributed by atoms with E-state index < -0.39 is 16.0 Å². The Kier molecular flexibility index (Phi) is 3.38. The van der Waals surface area contributed by atoms with Crippen molar-refractivity contribution in [2.45, 2.75) is 10.9 Å². The van der Waals surface area contributed by atoms with Crippen LogP contribution in [0, 0.1) is 0 Å². The Labute approximate surface area is 125 Å². The average molecular weight is 331 g/mol. The van der Waals surface area contributed by atoms with E-state index in [0.717, 1.165) is 11.3 Å². The smallest absolute Gasteiger partial charge is 0.345 e. The number of carbonyl (C=O) groups is 2. The average Bonchev–Trinajstić information content (AvgIpc) is 3.06. The van der Waals surface area contributed by atoms with Crippen LogP contribution < -0.4 is 5.32 Å². The van der Waals surface area contributed by atoms with Crippen molar-refractivity contribution in [3.8, 4) is 0 Å². The number of carboxylic acids is 1. The van der Waals surface area contributed by atoms with Gasteiger partial charge in [0.2, 0.25) is 10.0 Å². The first-order valence-corrected chi connectivity index (χ1v) is 8.58. The highest BCUT2D eigenvalue weighted by atomic mass is 32.2. The molecule has 114 valence electrons. The number of carbonyl (C=O) groups excluding carboxylic acids is 1. The number of sulfonamides is 1. The molecule has 2 aliphatic rings. The lowest BCUT2D eigenvalue weighted by molar-refractivity contribution is 0.0702. The summed E-state index contributed by atoms with van der Waals surface area (Å²) in [6.45, 7) is 1.20. The summed E-state index contributed by atoms with van der Waals surface area (Å²) in [7, 11) is -3.72. The topological polar surface area (TPSA) is 107 Å². The van der Waals surface area contributed by atoms with Crippen LogP contribution in [0.2, 0.25) is 0 Å². The molecule has 3 rings (SSSR count). The van der Waals surface area contributed by atoms with Crippen LogP contribution in [0.1, 0.15) is 9.67 Å². The van der Waals surface area contributed by atoms with Gasteiger partial charge in [0.15, 0.2) is 0 Å². The van der Waals surface area contributed by atoms with E-state index in [9.17, 15) is 18.0 Å². The van der Waals surface area contributed by atoms with Gasteiger partial charge in [-0.15, -0.1) is 11.3 Å². The van der Waals surface area contributed by atoms with Gasteiger partial charge in [0.05, 0.1) is 10.9 Å². The standard InChI is InChI=1S/C11H13N3O5S2/c15-10(16)9-3-8(6-20-9)21(18,19)13-1-2-14-7(5-13)4-12-11(14)17/h3,6-7H,1-2,4-5H2,(H,12,17)(H,15,16). The van der Waals surface area contributed by atoms with Gasteiger partial charge in [-0.2, -0.15) is 4.31 Å². The van der Waals surface area contributed by atoms with Crippen LogP contribution in [-0.4, -0.2) is 67.0 Å². The van der Waals surface area contributed by atoms with E-state index in [1.807, 2.05) is 0 Å². The second-order valence-electron chi connectivity index (χ2n) is 4.85. The summed E-state index contributed by atoms with van der Waals surface area (Å²) >= 11 is 0.886. The molecule has 2 N–H and O–H groups in total. The van der Waals surface area contributed by atoms with E-state index in [2.05, 4.69) is 5.32 Å².